The minimum absolute atomic E-state index is 0.479. The topological polar surface area (TPSA) is 36.2 Å². The van der Waals surface area contributed by atoms with Crippen LogP contribution >= 0.6 is 0 Å². The predicted octanol–water partition coefficient (Wildman–Crippen LogP) is 2.94. The molecule has 0 saturated heterocycles. The highest BCUT2D eigenvalue weighted by atomic mass is 19.1. The normalized spacial score (nSPS) is 9.73. The van der Waals surface area contributed by atoms with Gasteiger partial charge in [0.25, 0.3) is 0 Å². The standard InChI is InChI=1S/C7H6F2N2/c1-4-2-5(8)7(11-10)6(9)3-4/h2-3,10H,1H3. The Balaban J connectivity index is 3.36. The summed E-state index contributed by atoms with van der Waals surface area (Å²) < 4.78 is 25.3. The molecule has 1 rings (SSSR count). The second-order valence-electron chi connectivity index (χ2n) is 2.19. The van der Waals surface area contributed by atoms with E-state index in [1.807, 2.05) is 0 Å². The van der Waals surface area contributed by atoms with Crippen molar-refractivity contribution in [2.75, 3.05) is 0 Å². The lowest BCUT2D eigenvalue weighted by atomic mass is 10.2. The van der Waals surface area contributed by atoms with Gasteiger partial charge in [0.05, 0.1) is 0 Å². The molecule has 1 N–H and O–H groups in total. The van der Waals surface area contributed by atoms with E-state index in [1.54, 1.807) is 6.92 Å². The van der Waals surface area contributed by atoms with Crippen LogP contribution in [0.1, 0.15) is 5.56 Å². The summed E-state index contributed by atoms with van der Waals surface area (Å²) in [6.07, 6.45) is 0. The Bertz CT molecular complexity index is 273. The van der Waals surface area contributed by atoms with Crippen molar-refractivity contribution in [1.82, 2.24) is 0 Å². The molecule has 1 aromatic rings. The molecule has 0 amide bonds. The highest BCUT2D eigenvalue weighted by Gasteiger charge is 2.07. The number of hydrogen-bond acceptors (Lipinski definition) is 2. The highest BCUT2D eigenvalue weighted by Crippen LogP contribution is 2.22. The fourth-order valence-electron chi connectivity index (χ4n) is 0.799. The number of nitrogens with one attached hydrogen (secondary N) is 1. The molecule has 0 atom stereocenters. The summed E-state index contributed by atoms with van der Waals surface area (Å²) in [5, 5.41) is 2.71. The van der Waals surface area contributed by atoms with E-state index in [0.717, 1.165) is 12.1 Å². The van der Waals surface area contributed by atoms with Crippen molar-refractivity contribution in [2.24, 2.45) is 5.11 Å². The second-order valence-corrected chi connectivity index (χ2v) is 2.19. The summed E-state index contributed by atoms with van der Waals surface area (Å²) in [6, 6.07) is 2.27. The first kappa shape index (κ1) is 7.78. The van der Waals surface area contributed by atoms with E-state index in [-0.39, 0.29) is 0 Å². The predicted molar refractivity (Wildman–Crippen MR) is 35.9 cm³/mol. The first-order valence-electron chi connectivity index (χ1n) is 2.98. The third-order valence-electron chi connectivity index (χ3n) is 1.27. The fourth-order valence-corrected chi connectivity index (χ4v) is 0.799. The van der Waals surface area contributed by atoms with E-state index in [0.29, 0.717) is 5.56 Å². The molecule has 0 aliphatic heterocycles. The van der Waals surface area contributed by atoms with Crippen LogP contribution in [-0.2, 0) is 0 Å². The van der Waals surface area contributed by atoms with Crippen molar-refractivity contribution in [2.45, 2.75) is 6.92 Å². The molecule has 0 heterocycles. The van der Waals surface area contributed by atoms with Crippen molar-refractivity contribution in [1.29, 1.82) is 5.53 Å². The lowest BCUT2D eigenvalue weighted by molar-refractivity contribution is 0.582. The summed E-state index contributed by atoms with van der Waals surface area (Å²) in [4.78, 5) is 0. The molecule has 0 radical (unpaired) electrons. The molecule has 1 aromatic carbocycles. The molecule has 0 bridgehead atoms. The largest absolute Gasteiger partial charge is 0.204 e. The van der Waals surface area contributed by atoms with Crippen LogP contribution in [0.25, 0.3) is 0 Å². The molecule has 0 saturated carbocycles. The van der Waals surface area contributed by atoms with E-state index in [9.17, 15) is 8.78 Å². The molecule has 0 aliphatic carbocycles. The van der Waals surface area contributed by atoms with Crippen molar-refractivity contribution in [3.63, 3.8) is 0 Å². The van der Waals surface area contributed by atoms with Crippen LogP contribution in [0, 0.1) is 24.1 Å². The summed E-state index contributed by atoms with van der Waals surface area (Å²) in [6.45, 7) is 1.57. The van der Waals surface area contributed by atoms with Gasteiger partial charge in [0.2, 0.25) is 0 Å². The third-order valence-corrected chi connectivity index (χ3v) is 1.27. The average Bonchev–Trinajstić information content (AvgIpc) is 1.85. The van der Waals surface area contributed by atoms with E-state index >= 15 is 0 Å². The van der Waals surface area contributed by atoms with Gasteiger partial charge in [0, 0.05) is 0 Å². The summed E-state index contributed by atoms with van der Waals surface area (Å²) in [7, 11) is 0. The quantitative estimate of drug-likeness (QED) is 0.607. The lowest BCUT2D eigenvalue weighted by Gasteiger charge is -1.97. The zero-order valence-electron chi connectivity index (χ0n) is 5.86. The number of hydrogen-bond donors (Lipinski definition) is 1. The van der Waals surface area contributed by atoms with Gasteiger partial charge in [-0.25, -0.2) is 14.3 Å². The first-order chi connectivity index (χ1) is 5.15. The maximum Gasteiger partial charge on any atom is 0.156 e. The zero-order chi connectivity index (χ0) is 8.43. The number of rotatable bonds is 1. The summed E-state index contributed by atoms with van der Waals surface area (Å²) in [5.74, 6) is -1.59. The Kier molecular flexibility index (Phi) is 1.94. The Hall–Kier alpha value is -1.32. The van der Waals surface area contributed by atoms with Crippen molar-refractivity contribution in [3.05, 3.63) is 29.3 Å². The van der Waals surface area contributed by atoms with E-state index in [1.165, 1.54) is 0 Å². The molecular weight excluding hydrogens is 150 g/mol. The fraction of sp³-hybridized carbons (Fsp3) is 0.143. The molecular formula is C7H6F2N2. The first-order valence-corrected chi connectivity index (χ1v) is 2.98. The summed E-state index contributed by atoms with van der Waals surface area (Å²) in [5.41, 5.74) is 6.39. The molecule has 0 unspecified atom stereocenters. The van der Waals surface area contributed by atoms with Gasteiger partial charge in [-0.1, -0.05) is 0 Å². The van der Waals surface area contributed by atoms with E-state index in [2.05, 4.69) is 5.11 Å². The monoisotopic (exact) mass is 156 g/mol. The van der Waals surface area contributed by atoms with Crippen molar-refractivity contribution >= 4 is 5.69 Å². The highest BCUT2D eigenvalue weighted by molar-refractivity contribution is 5.41. The Morgan fingerprint density at radius 2 is 1.73 bits per heavy atom. The lowest BCUT2D eigenvalue weighted by Crippen LogP contribution is -1.83. The molecule has 0 aromatic heterocycles. The minimum atomic E-state index is -0.794. The van der Waals surface area contributed by atoms with Gasteiger partial charge in [-0.05, 0) is 24.6 Å². The van der Waals surface area contributed by atoms with Gasteiger partial charge >= 0.3 is 0 Å². The van der Waals surface area contributed by atoms with Crippen LogP contribution in [0.5, 0.6) is 0 Å². The molecule has 0 fully saturated rings. The van der Waals surface area contributed by atoms with Gasteiger partial charge in [0.1, 0.15) is 0 Å². The summed E-state index contributed by atoms with van der Waals surface area (Å²) >= 11 is 0. The number of benzene rings is 1. The maximum absolute atomic E-state index is 12.7. The van der Waals surface area contributed by atoms with Crippen LogP contribution in [-0.4, -0.2) is 0 Å². The van der Waals surface area contributed by atoms with Crippen molar-refractivity contribution in [3.8, 4) is 0 Å². The number of nitrogens with zero attached hydrogens (tertiary/aromatic N) is 1. The SMILES string of the molecule is Cc1cc(F)c(N=N)c(F)c1. The third kappa shape index (κ3) is 1.39. The Labute approximate surface area is 62.4 Å². The van der Waals surface area contributed by atoms with Gasteiger partial charge in [0.15, 0.2) is 17.3 Å². The average molecular weight is 156 g/mol. The zero-order valence-corrected chi connectivity index (χ0v) is 5.86. The Morgan fingerprint density at radius 1 is 1.27 bits per heavy atom. The van der Waals surface area contributed by atoms with E-state index in [4.69, 9.17) is 5.53 Å². The molecule has 58 valence electrons. The van der Waals surface area contributed by atoms with Crippen LogP contribution < -0.4 is 0 Å². The molecule has 0 aliphatic rings. The number of aryl methyl sites for hydroxylation is 1. The van der Waals surface area contributed by atoms with Gasteiger partial charge in [-0.3, -0.25) is 0 Å². The molecule has 4 heteroatoms. The van der Waals surface area contributed by atoms with Gasteiger partial charge in [-0.15, -0.1) is 0 Å². The van der Waals surface area contributed by atoms with Crippen LogP contribution in [0.15, 0.2) is 17.2 Å². The van der Waals surface area contributed by atoms with Crippen molar-refractivity contribution < 1.29 is 8.78 Å². The second kappa shape index (κ2) is 2.74. The number of halogens is 2. The minimum Gasteiger partial charge on any atom is -0.204 e. The molecule has 11 heavy (non-hydrogen) atoms. The van der Waals surface area contributed by atoms with Crippen LogP contribution in [0.2, 0.25) is 0 Å². The maximum atomic E-state index is 12.7. The van der Waals surface area contributed by atoms with Crippen LogP contribution in [0.4, 0.5) is 14.5 Å². The Morgan fingerprint density at radius 3 is 2.09 bits per heavy atom. The van der Waals surface area contributed by atoms with Gasteiger partial charge in [-0.2, -0.15) is 5.11 Å². The molecule has 0 spiro atoms. The molecule has 2 nitrogen and oxygen atoms in total. The smallest absolute Gasteiger partial charge is 0.156 e. The van der Waals surface area contributed by atoms with Crippen LogP contribution in [0.3, 0.4) is 0 Å². The van der Waals surface area contributed by atoms with Gasteiger partial charge < -0.3 is 0 Å². The van der Waals surface area contributed by atoms with E-state index < -0.39 is 17.3 Å².